The van der Waals surface area contributed by atoms with Gasteiger partial charge in [-0.1, -0.05) is 31.2 Å². The molecule has 0 spiro atoms. The molecular formula is C20H21NO5. The van der Waals surface area contributed by atoms with E-state index < -0.39 is 18.5 Å². The topological polar surface area (TPSA) is 81.7 Å². The SMILES string of the molecule is CCc1ccc(NC(=O)COC(=O)COc2cccc(C(C)=O)c2)cc1. The zero-order chi connectivity index (χ0) is 18.9. The summed E-state index contributed by atoms with van der Waals surface area (Å²) >= 11 is 0. The highest BCUT2D eigenvalue weighted by molar-refractivity contribution is 5.94. The first kappa shape index (κ1) is 19.2. The highest BCUT2D eigenvalue weighted by Gasteiger charge is 2.09. The number of amides is 1. The summed E-state index contributed by atoms with van der Waals surface area (Å²) in [4.78, 5) is 34.8. The van der Waals surface area contributed by atoms with Crippen LogP contribution in [0.25, 0.3) is 0 Å². The molecular weight excluding hydrogens is 334 g/mol. The van der Waals surface area contributed by atoms with Crippen molar-refractivity contribution in [1.82, 2.24) is 0 Å². The van der Waals surface area contributed by atoms with Crippen LogP contribution in [0.15, 0.2) is 48.5 Å². The van der Waals surface area contributed by atoms with E-state index in [0.717, 1.165) is 6.42 Å². The quantitative estimate of drug-likeness (QED) is 0.581. The number of Topliss-reactive ketones (excluding diaryl/α,β-unsaturated/α-hetero) is 1. The summed E-state index contributed by atoms with van der Waals surface area (Å²) in [5.41, 5.74) is 2.30. The molecule has 0 saturated heterocycles. The van der Waals surface area contributed by atoms with Crippen LogP contribution in [0.5, 0.6) is 5.75 Å². The van der Waals surface area contributed by atoms with Crippen LogP contribution in [0, 0.1) is 0 Å². The Kier molecular flexibility index (Phi) is 6.91. The van der Waals surface area contributed by atoms with Crippen LogP contribution < -0.4 is 10.1 Å². The van der Waals surface area contributed by atoms with Gasteiger partial charge in [0, 0.05) is 11.3 Å². The predicted molar refractivity (Wildman–Crippen MR) is 97.4 cm³/mol. The number of hydrogen-bond donors (Lipinski definition) is 1. The normalized spacial score (nSPS) is 10.1. The fourth-order valence-corrected chi connectivity index (χ4v) is 2.16. The number of benzene rings is 2. The maximum absolute atomic E-state index is 11.8. The highest BCUT2D eigenvalue weighted by Crippen LogP contribution is 2.14. The number of aryl methyl sites for hydroxylation is 1. The van der Waals surface area contributed by atoms with E-state index in [1.54, 1.807) is 36.4 Å². The lowest BCUT2D eigenvalue weighted by Crippen LogP contribution is -2.23. The fourth-order valence-electron chi connectivity index (χ4n) is 2.16. The molecule has 0 bridgehead atoms. The molecule has 0 atom stereocenters. The monoisotopic (exact) mass is 355 g/mol. The summed E-state index contributed by atoms with van der Waals surface area (Å²) in [6.45, 7) is 2.75. The van der Waals surface area contributed by atoms with Crippen LogP contribution in [0.3, 0.4) is 0 Å². The van der Waals surface area contributed by atoms with E-state index in [1.807, 2.05) is 19.1 Å². The number of anilines is 1. The maximum Gasteiger partial charge on any atom is 0.344 e. The summed E-state index contributed by atoms with van der Waals surface area (Å²) in [6, 6.07) is 13.9. The van der Waals surface area contributed by atoms with Gasteiger partial charge in [-0.3, -0.25) is 9.59 Å². The molecule has 0 aliphatic carbocycles. The lowest BCUT2D eigenvalue weighted by atomic mass is 10.1. The third-order valence-electron chi connectivity index (χ3n) is 3.61. The van der Waals surface area contributed by atoms with E-state index in [4.69, 9.17) is 9.47 Å². The molecule has 0 aliphatic rings. The molecule has 1 amide bonds. The van der Waals surface area contributed by atoms with Gasteiger partial charge in [0.1, 0.15) is 5.75 Å². The fraction of sp³-hybridized carbons (Fsp3) is 0.250. The van der Waals surface area contributed by atoms with E-state index in [1.165, 1.54) is 12.5 Å². The second-order valence-electron chi connectivity index (χ2n) is 5.63. The predicted octanol–water partition coefficient (Wildman–Crippen LogP) is 3.01. The molecule has 2 aromatic carbocycles. The number of hydrogen-bond acceptors (Lipinski definition) is 5. The maximum atomic E-state index is 11.8. The largest absolute Gasteiger partial charge is 0.482 e. The molecule has 0 unspecified atom stereocenters. The minimum absolute atomic E-state index is 0.0957. The molecule has 6 nitrogen and oxygen atoms in total. The zero-order valence-corrected chi connectivity index (χ0v) is 14.8. The van der Waals surface area contributed by atoms with Crippen molar-refractivity contribution >= 4 is 23.3 Å². The van der Waals surface area contributed by atoms with Crippen LogP contribution in [0.2, 0.25) is 0 Å². The zero-order valence-electron chi connectivity index (χ0n) is 14.8. The lowest BCUT2D eigenvalue weighted by Gasteiger charge is -2.09. The Hall–Kier alpha value is -3.15. The molecule has 136 valence electrons. The summed E-state index contributed by atoms with van der Waals surface area (Å²) in [7, 11) is 0. The molecule has 6 heteroatoms. The van der Waals surface area contributed by atoms with Gasteiger partial charge < -0.3 is 14.8 Å². The van der Waals surface area contributed by atoms with Crippen molar-refractivity contribution in [3.8, 4) is 5.75 Å². The Morgan fingerprint density at radius 1 is 1.00 bits per heavy atom. The lowest BCUT2D eigenvalue weighted by molar-refractivity contribution is -0.149. The molecule has 0 radical (unpaired) electrons. The van der Waals surface area contributed by atoms with E-state index in [-0.39, 0.29) is 12.4 Å². The molecule has 1 N–H and O–H groups in total. The molecule has 0 aliphatic heterocycles. The van der Waals surface area contributed by atoms with E-state index in [0.29, 0.717) is 17.0 Å². The molecule has 0 fully saturated rings. The van der Waals surface area contributed by atoms with Gasteiger partial charge >= 0.3 is 5.97 Å². The van der Waals surface area contributed by atoms with Gasteiger partial charge in [-0.05, 0) is 43.2 Å². The van der Waals surface area contributed by atoms with E-state index in [2.05, 4.69) is 5.32 Å². The molecule has 0 aromatic heterocycles. The van der Waals surface area contributed by atoms with Gasteiger partial charge in [0.15, 0.2) is 19.0 Å². The van der Waals surface area contributed by atoms with Gasteiger partial charge in [0.05, 0.1) is 0 Å². The Morgan fingerprint density at radius 3 is 2.38 bits per heavy atom. The summed E-state index contributed by atoms with van der Waals surface area (Å²) in [6.07, 6.45) is 0.918. The van der Waals surface area contributed by atoms with Crippen LogP contribution in [0.1, 0.15) is 29.8 Å². The average Bonchev–Trinajstić information content (AvgIpc) is 2.65. The molecule has 2 rings (SSSR count). The highest BCUT2D eigenvalue weighted by atomic mass is 16.6. The third kappa shape index (κ3) is 6.05. The Balaban J connectivity index is 1.74. The number of ketones is 1. The first-order valence-electron chi connectivity index (χ1n) is 8.26. The number of carbonyl (C=O) groups excluding carboxylic acids is 3. The summed E-state index contributed by atoms with van der Waals surface area (Å²) in [5, 5.41) is 2.65. The van der Waals surface area contributed by atoms with Crippen LogP contribution in [-0.2, 0) is 20.7 Å². The molecule has 0 heterocycles. The summed E-state index contributed by atoms with van der Waals surface area (Å²) < 4.78 is 10.2. The Bertz CT molecular complexity index is 783. The molecule has 2 aromatic rings. The van der Waals surface area contributed by atoms with E-state index >= 15 is 0 Å². The number of ether oxygens (including phenoxy) is 2. The minimum atomic E-state index is -0.672. The average molecular weight is 355 g/mol. The first-order valence-corrected chi connectivity index (χ1v) is 8.26. The Morgan fingerprint density at radius 2 is 1.73 bits per heavy atom. The van der Waals surface area contributed by atoms with Crippen LogP contribution in [-0.4, -0.2) is 30.9 Å². The van der Waals surface area contributed by atoms with Gasteiger partial charge in [-0.2, -0.15) is 0 Å². The van der Waals surface area contributed by atoms with Gasteiger partial charge in [0.2, 0.25) is 0 Å². The van der Waals surface area contributed by atoms with Crippen LogP contribution in [0.4, 0.5) is 5.69 Å². The van der Waals surface area contributed by atoms with E-state index in [9.17, 15) is 14.4 Å². The number of nitrogens with one attached hydrogen (secondary N) is 1. The van der Waals surface area contributed by atoms with Crippen molar-refractivity contribution in [2.75, 3.05) is 18.5 Å². The first-order chi connectivity index (χ1) is 12.5. The van der Waals surface area contributed by atoms with Crippen molar-refractivity contribution in [3.63, 3.8) is 0 Å². The Labute approximate surface area is 152 Å². The smallest absolute Gasteiger partial charge is 0.344 e. The van der Waals surface area contributed by atoms with Gasteiger partial charge in [-0.15, -0.1) is 0 Å². The number of esters is 1. The molecule has 0 saturated carbocycles. The van der Waals surface area contributed by atoms with Crippen LogP contribution >= 0.6 is 0 Å². The third-order valence-corrected chi connectivity index (χ3v) is 3.61. The number of carbonyl (C=O) groups is 3. The minimum Gasteiger partial charge on any atom is -0.482 e. The second-order valence-corrected chi connectivity index (χ2v) is 5.63. The number of rotatable bonds is 8. The second kappa shape index (κ2) is 9.36. The van der Waals surface area contributed by atoms with Crippen molar-refractivity contribution in [3.05, 3.63) is 59.7 Å². The van der Waals surface area contributed by atoms with Crippen molar-refractivity contribution < 1.29 is 23.9 Å². The van der Waals surface area contributed by atoms with Gasteiger partial charge in [-0.25, -0.2) is 4.79 Å². The van der Waals surface area contributed by atoms with Crippen molar-refractivity contribution in [2.24, 2.45) is 0 Å². The molecule has 26 heavy (non-hydrogen) atoms. The van der Waals surface area contributed by atoms with Gasteiger partial charge in [0.25, 0.3) is 5.91 Å². The van der Waals surface area contributed by atoms with Crippen molar-refractivity contribution in [2.45, 2.75) is 20.3 Å². The standard InChI is InChI=1S/C20H21NO5/c1-3-15-7-9-17(10-8-15)21-19(23)12-26-20(24)13-25-18-6-4-5-16(11-18)14(2)22/h4-11H,3,12-13H2,1-2H3,(H,21,23). The summed E-state index contributed by atoms with van der Waals surface area (Å²) in [5.74, 6) is -0.812. The van der Waals surface area contributed by atoms with Crippen molar-refractivity contribution in [1.29, 1.82) is 0 Å².